The second-order valence-corrected chi connectivity index (χ2v) is 6.56. The number of aromatic nitrogens is 1. The van der Waals surface area contributed by atoms with E-state index in [0.29, 0.717) is 26.2 Å². The normalized spacial score (nSPS) is 18.5. The summed E-state index contributed by atoms with van der Waals surface area (Å²) in [4.78, 5) is 32.1. The summed E-state index contributed by atoms with van der Waals surface area (Å²) in [6.07, 6.45) is 2.07. The molecular formula is C18H21N3O2. The molecular weight excluding hydrogens is 290 g/mol. The molecule has 5 nitrogen and oxygen atoms in total. The van der Waals surface area contributed by atoms with Crippen LogP contribution in [0.25, 0.3) is 10.9 Å². The molecule has 0 bridgehead atoms. The van der Waals surface area contributed by atoms with Gasteiger partial charge in [0.15, 0.2) is 0 Å². The number of fused-ring (bicyclic) bond motifs is 1. The lowest BCUT2D eigenvalue weighted by molar-refractivity contribution is -0.134. The molecule has 1 N–H and O–H groups in total. The molecule has 2 heterocycles. The van der Waals surface area contributed by atoms with E-state index in [1.165, 1.54) is 0 Å². The number of benzene rings is 1. The van der Waals surface area contributed by atoms with Crippen molar-refractivity contribution >= 4 is 22.7 Å². The van der Waals surface area contributed by atoms with Crippen molar-refractivity contribution in [1.29, 1.82) is 0 Å². The number of nitrogens with zero attached hydrogens (tertiary/aromatic N) is 2. The molecule has 1 aliphatic carbocycles. The zero-order valence-corrected chi connectivity index (χ0v) is 13.3. The van der Waals surface area contributed by atoms with E-state index in [1.807, 2.05) is 41.0 Å². The van der Waals surface area contributed by atoms with Crippen LogP contribution in [0.15, 0.2) is 24.3 Å². The van der Waals surface area contributed by atoms with Crippen molar-refractivity contribution < 1.29 is 9.59 Å². The Bertz CT molecular complexity index is 768. The van der Waals surface area contributed by atoms with Crippen molar-refractivity contribution in [3.8, 4) is 0 Å². The molecule has 1 aromatic carbocycles. The largest absolute Gasteiger partial charge is 0.358 e. The quantitative estimate of drug-likeness (QED) is 0.924. The molecule has 5 heteroatoms. The molecule has 2 aromatic rings. The number of piperazine rings is 1. The Kier molecular flexibility index (Phi) is 3.36. The number of H-pyrrole nitrogens is 1. The molecule has 23 heavy (non-hydrogen) atoms. The van der Waals surface area contributed by atoms with Crippen LogP contribution in [0.3, 0.4) is 0 Å². The molecule has 2 amide bonds. The van der Waals surface area contributed by atoms with Gasteiger partial charge < -0.3 is 14.8 Å². The fourth-order valence-electron chi connectivity index (χ4n) is 3.43. The maximum atomic E-state index is 12.9. The highest BCUT2D eigenvalue weighted by Crippen LogP contribution is 2.31. The van der Waals surface area contributed by atoms with Crippen molar-refractivity contribution in [3.05, 3.63) is 35.5 Å². The maximum Gasteiger partial charge on any atom is 0.256 e. The van der Waals surface area contributed by atoms with E-state index in [-0.39, 0.29) is 17.7 Å². The Morgan fingerprint density at radius 1 is 1.04 bits per heavy atom. The molecule has 1 saturated heterocycles. The van der Waals surface area contributed by atoms with Crippen molar-refractivity contribution in [3.63, 3.8) is 0 Å². The third-order valence-corrected chi connectivity index (χ3v) is 4.91. The number of aromatic amines is 1. The predicted molar refractivity (Wildman–Crippen MR) is 88.2 cm³/mol. The molecule has 1 saturated carbocycles. The lowest BCUT2D eigenvalue weighted by atomic mass is 10.1. The van der Waals surface area contributed by atoms with Gasteiger partial charge in [-0.2, -0.15) is 0 Å². The summed E-state index contributed by atoms with van der Waals surface area (Å²) in [7, 11) is 0. The molecule has 0 spiro atoms. The average Bonchev–Trinajstić information content (AvgIpc) is 3.36. The van der Waals surface area contributed by atoms with E-state index in [4.69, 9.17) is 0 Å². The lowest BCUT2D eigenvalue weighted by Gasteiger charge is -2.35. The molecule has 2 fully saturated rings. The smallest absolute Gasteiger partial charge is 0.256 e. The molecule has 1 aliphatic heterocycles. The van der Waals surface area contributed by atoms with Gasteiger partial charge in [0.05, 0.1) is 5.56 Å². The molecule has 0 unspecified atom stereocenters. The van der Waals surface area contributed by atoms with E-state index in [9.17, 15) is 9.59 Å². The van der Waals surface area contributed by atoms with Gasteiger partial charge >= 0.3 is 0 Å². The van der Waals surface area contributed by atoms with Crippen LogP contribution in [0.2, 0.25) is 0 Å². The van der Waals surface area contributed by atoms with Gasteiger partial charge in [0.1, 0.15) is 0 Å². The highest BCUT2D eigenvalue weighted by molar-refractivity contribution is 6.08. The van der Waals surface area contributed by atoms with Crippen LogP contribution < -0.4 is 0 Å². The molecule has 120 valence electrons. The SMILES string of the molecule is Cc1[nH]c2ccccc2c1C(=O)N1CCN(C(=O)C2CC2)CC1. The summed E-state index contributed by atoms with van der Waals surface area (Å²) < 4.78 is 0. The first-order chi connectivity index (χ1) is 11.1. The highest BCUT2D eigenvalue weighted by atomic mass is 16.2. The second kappa shape index (κ2) is 5.41. The number of para-hydroxylation sites is 1. The number of carbonyl (C=O) groups is 2. The van der Waals surface area contributed by atoms with Gasteiger partial charge in [0.25, 0.3) is 5.91 Å². The minimum absolute atomic E-state index is 0.0680. The predicted octanol–water partition coefficient (Wildman–Crippen LogP) is 2.17. The molecule has 2 aliphatic rings. The number of rotatable bonds is 2. The first kappa shape index (κ1) is 14.3. The fraction of sp³-hybridized carbons (Fsp3) is 0.444. The average molecular weight is 311 g/mol. The zero-order valence-electron chi connectivity index (χ0n) is 13.3. The second-order valence-electron chi connectivity index (χ2n) is 6.56. The van der Waals surface area contributed by atoms with E-state index in [1.54, 1.807) is 0 Å². The van der Waals surface area contributed by atoms with Gasteiger partial charge in [-0.25, -0.2) is 0 Å². The number of hydrogen-bond acceptors (Lipinski definition) is 2. The van der Waals surface area contributed by atoms with Crippen LogP contribution >= 0.6 is 0 Å². The topological polar surface area (TPSA) is 56.4 Å². The third kappa shape index (κ3) is 2.50. The summed E-state index contributed by atoms with van der Waals surface area (Å²) in [5.74, 6) is 0.604. The Morgan fingerprint density at radius 3 is 2.39 bits per heavy atom. The number of hydrogen-bond donors (Lipinski definition) is 1. The standard InChI is InChI=1S/C18H21N3O2/c1-12-16(14-4-2-3-5-15(14)19-12)18(23)21-10-8-20(9-11-21)17(22)13-6-7-13/h2-5,13,19H,6-11H2,1H3. The van der Waals surface area contributed by atoms with Crippen LogP contribution in [-0.2, 0) is 4.79 Å². The van der Waals surface area contributed by atoms with Crippen LogP contribution in [0.1, 0.15) is 28.9 Å². The fourth-order valence-corrected chi connectivity index (χ4v) is 3.43. The van der Waals surface area contributed by atoms with Gasteiger partial charge in [-0.3, -0.25) is 9.59 Å². The Hall–Kier alpha value is -2.30. The monoisotopic (exact) mass is 311 g/mol. The van der Waals surface area contributed by atoms with Gasteiger partial charge in [0, 0.05) is 48.7 Å². The van der Waals surface area contributed by atoms with Gasteiger partial charge in [0.2, 0.25) is 5.91 Å². The number of aryl methyl sites for hydroxylation is 1. The molecule has 4 rings (SSSR count). The highest BCUT2D eigenvalue weighted by Gasteiger charge is 2.35. The zero-order chi connectivity index (χ0) is 16.0. The molecule has 0 radical (unpaired) electrons. The van der Waals surface area contributed by atoms with E-state index in [2.05, 4.69) is 4.98 Å². The van der Waals surface area contributed by atoms with Gasteiger partial charge in [-0.05, 0) is 25.8 Å². The summed E-state index contributed by atoms with van der Waals surface area (Å²) in [5, 5.41) is 0.978. The van der Waals surface area contributed by atoms with Gasteiger partial charge in [-0.1, -0.05) is 18.2 Å². The van der Waals surface area contributed by atoms with Crippen LogP contribution in [0, 0.1) is 12.8 Å². The summed E-state index contributed by atoms with van der Waals surface area (Å²) in [6, 6.07) is 7.90. The Morgan fingerprint density at radius 2 is 1.70 bits per heavy atom. The maximum absolute atomic E-state index is 12.9. The first-order valence-electron chi connectivity index (χ1n) is 8.30. The number of carbonyl (C=O) groups excluding carboxylic acids is 2. The summed E-state index contributed by atoms with van der Waals surface area (Å²) in [5.41, 5.74) is 2.67. The van der Waals surface area contributed by atoms with E-state index in [0.717, 1.165) is 35.0 Å². The molecule has 1 aromatic heterocycles. The first-order valence-corrected chi connectivity index (χ1v) is 8.30. The summed E-state index contributed by atoms with van der Waals surface area (Å²) in [6.45, 7) is 4.50. The van der Waals surface area contributed by atoms with Crippen LogP contribution in [0.5, 0.6) is 0 Å². The van der Waals surface area contributed by atoms with Crippen molar-refractivity contribution in [2.24, 2.45) is 5.92 Å². The third-order valence-electron chi connectivity index (χ3n) is 4.91. The minimum atomic E-state index is 0.0680. The van der Waals surface area contributed by atoms with Crippen molar-refractivity contribution in [2.75, 3.05) is 26.2 Å². The van der Waals surface area contributed by atoms with Crippen molar-refractivity contribution in [1.82, 2.24) is 14.8 Å². The Labute approximate surface area is 135 Å². The van der Waals surface area contributed by atoms with E-state index >= 15 is 0 Å². The minimum Gasteiger partial charge on any atom is -0.358 e. The lowest BCUT2D eigenvalue weighted by Crippen LogP contribution is -2.51. The van der Waals surface area contributed by atoms with Gasteiger partial charge in [-0.15, -0.1) is 0 Å². The van der Waals surface area contributed by atoms with Crippen molar-refractivity contribution in [2.45, 2.75) is 19.8 Å². The van der Waals surface area contributed by atoms with Crippen LogP contribution in [-0.4, -0.2) is 52.8 Å². The number of nitrogens with one attached hydrogen (secondary N) is 1. The van der Waals surface area contributed by atoms with E-state index < -0.39 is 0 Å². The Balaban J connectivity index is 1.51. The summed E-state index contributed by atoms with van der Waals surface area (Å²) >= 11 is 0. The molecule has 0 atom stereocenters. The number of amides is 2. The van der Waals surface area contributed by atoms with Crippen LogP contribution in [0.4, 0.5) is 0 Å².